The van der Waals surface area contributed by atoms with E-state index in [-0.39, 0.29) is 6.10 Å². The van der Waals surface area contributed by atoms with Crippen molar-refractivity contribution in [3.63, 3.8) is 0 Å². The van der Waals surface area contributed by atoms with Crippen LogP contribution in [0.25, 0.3) is 21.8 Å². The van der Waals surface area contributed by atoms with Gasteiger partial charge in [0.2, 0.25) is 0 Å². The molecule has 4 aromatic carbocycles. The molecule has 1 aliphatic rings. The third kappa shape index (κ3) is 5.33. The highest BCUT2D eigenvalue weighted by Gasteiger charge is 2.40. The first kappa shape index (κ1) is 30.1. The second kappa shape index (κ2) is 11.5. The Balaban J connectivity index is 1.40. The van der Waals surface area contributed by atoms with Gasteiger partial charge in [-0.3, -0.25) is 9.69 Å². The number of rotatable bonds is 7. The lowest BCUT2D eigenvalue weighted by molar-refractivity contribution is -0.147. The zero-order chi connectivity index (χ0) is 31.3. The summed E-state index contributed by atoms with van der Waals surface area (Å²) in [6.07, 6.45) is 0.943. The molecule has 8 heteroatoms. The van der Waals surface area contributed by atoms with Gasteiger partial charge in [0.25, 0.3) is 0 Å². The van der Waals surface area contributed by atoms with E-state index in [1.807, 2.05) is 52.1 Å². The summed E-state index contributed by atoms with van der Waals surface area (Å²) in [6, 6.07) is 20.7. The Morgan fingerprint density at radius 3 is 2.68 bits per heavy atom. The molecule has 44 heavy (non-hydrogen) atoms. The highest BCUT2D eigenvalue weighted by atomic mass is 35.5. The van der Waals surface area contributed by atoms with Crippen LogP contribution >= 0.6 is 11.6 Å². The number of aliphatic carboxylic acids is 1. The highest BCUT2D eigenvalue weighted by Crippen LogP contribution is 2.44. The number of ether oxygens (including phenoxy) is 1. The average molecular weight is 611 g/mol. The number of halogens is 1. The van der Waals surface area contributed by atoms with Crippen molar-refractivity contribution in [3.8, 4) is 5.75 Å². The van der Waals surface area contributed by atoms with Crippen molar-refractivity contribution < 1.29 is 14.6 Å². The summed E-state index contributed by atoms with van der Waals surface area (Å²) in [4.78, 5) is 15.2. The minimum absolute atomic E-state index is 0.0522. The Hall–Kier alpha value is -3.94. The van der Waals surface area contributed by atoms with E-state index in [1.165, 1.54) is 11.1 Å². The number of carbonyl (C=O) groups is 1. The first-order valence-corrected chi connectivity index (χ1v) is 15.6. The van der Waals surface area contributed by atoms with Gasteiger partial charge in [0.15, 0.2) is 0 Å². The maximum atomic E-state index is 12.7. The van der Waals surface area contributed by atoms with Crippen LogP contribution in [0.1, 0.15) is 66.5 Å². The topological polar surface area (TPSA) is 80.5 Å². The van der Waals surface area contributed by atoms with Gasteiger partial charge >= 0.3 is 5.97 Å². The molecule has 7 nitrogen and oxygen atoms in total. The largest absolute Gasteiger partial charge is 0.489 e. The molecule has 0 fully saturated rings. The predicted octanol–water partition coefficient (Wildman–Crippen LogP) is 7.81. The van der Waals surface area contributed by atoms with Crippen LogP contribution in [0.3, 0.4) is 0 Å². The molecule has 1 aromatic heterocycles. The Labute approximate surface area is 263 Å². The van der Waals surface area contributed by atoms with Gasteiger partial charge in [-0.15, -0.1) is 5.10 Å². The van der Waals surface area contributed by atoms with Gasteiger partial charge in [0.1, 0.15) is 17.4 Å². The number of fused-ring (bicyclic) bond motifs is 3. The van der Waals surface area contributed by atoms with Gasteiger partial charge in [-0.25, -0.2) is 4.68 Å². The van der Waals surface area contributed by atoms with E-state index in [0.29, 0.717) is 6.54 Å². The molecular formula is C36H39ClN4O3. The van der Waals surface area contributed by atoms with E-state index in [0.717, 1.165) is 74.3 Å². The fourth-order valence-electron chi connectivity index (χ4n) is 6.64. The number of hydrogen-bond donors (Lipinski definition) is 1. The predicted molar refractivity (Wildman–Crippen MR) is 175 cm³/mol. The van der Waals surface area contributed by atoms with Crippen molar-refractivity contribution in [2.45, 2.75) is 66.2 Å². The number of hydrogen-bond acceptors (Lipinski definition) is 5. The molecule has 1 unspecified atom stereocenters. The Morgan fingerprint density at radius 1 is 1.14 bits per heavy atom. The molecule has 228 valence electrons. The van der Waals surface area contributed by atoms with Crippen LogP contribution in [0, 0.1) is 19.3 Å². The molecule has 5 aromatic rings. The summed E-state index contributed by atoms with van der Waals surface area (Å²) >= 11 is 6.58. The molecule has 2 heterocycles. The molecule has 1 aliphatic heterocycles. The van der Waals surface area contributed by atoms with E-state index in [4.69, 9.17) is 16.3 Å². The first-order chi connectivity index (χ1) is 21.0. The summed E-state index contributed by atoms with van der Waals surface area (Å²) in [5.74, 6) is -0.324. The molecule has 0 radical (unpaired) electrons. The average Bonchev–Trinajstić information content (AvgIpc) is 3.27. The lowest BCUT2D eigenvalue weighted by Crippen LogP contribution is -2.33. The summed E-state index contributed by atoms with van der Waals surface area (Å²) < 4.78 is 8.28. The van der Waals surface area contributed by atoms with Crippen LogP contribution in [-0.4, -0.2) is 43.6 Å². The zero-order valence-electron chi connectivity index (χ0n) is 26.2. The van der Waals surface area contributed by atoms with Gasteiger partial charge in [0.05, 0.1) is 10.9 Å². The lowest BCUT2D eigenvalue weighted by Gasteiger charge is -2.33. The maximum Gasteiger partial charge on any atom is 0.310 e. The minimum atomic E-state index is -1.07. The van der Waals surface area contributed by atoms with E-state index in [1.54, 1.807) is 4.68 Å². The monoisotopic (exact) mass is 610 g/mol. The molecule has 0 saturated carbocycles. The number of aryl methyl sites for hydroxylation is 3. The van der Waals surface area contributed by atoms with Crippen LogP contribution in [-0.2, 0) is 24.9 Å². The van der Waals surface area contributed by atoms with Crippen molar-refractivity contribution in [1.82, 2.24) is 19.9 Å². The molecule has 0 saturated heterocycles. The fraction of sp³-hybridized carbons (Fsp3) is 0.361. The summed E-state index contributed by atoms with van der Waals surface area (Å²) in [5.41, 5.74) is 6.98. The van der Waals surface area contributed by atoms with E-state index >= 15 is 0 Å². The lowest BCUT2D eigenvalue weighted by atomic mass is 9.69. The number of aromatic nitrogens is 3. The van der Waals surface area contributed by atoms with Crippen LogP contribution in [0.2, 0.25) is 5.02 Å². The van der Waals surface area contributed by atoms with Crippen LogP contribution in [0.4, 0.5) is 0 Å². The van der Waals surface area contributed by atoms with Gasteiger partial charge in [-0.1, -0.05) is 60.1 Å². The van der Waals surface area contributed by atoms with Gasteiger partial charge < -0.3 is 9.84 Å². The summed E-state index contributed by atoms with van der Waals surface area (Å²) in [7, 11) is 1.87. The normalized spacial score (nSPS) is 16.5. The molecule has 2 atom stereocenters. The fourth-order valence-corrected chi connectivity index (χ4v) is 6.88. The summed E-state index contributed by atoms with van der Waals surface area (Å²) in [6.45, 7) is 12.1. The second-order valence-electron chi connectivity index (χ2n) is 12.7. The third-order valence-electron chi connectivity index (χ3n) is 9.38. The molecule has 0 amide bonds. The standard InChI is InChI=1S/C36H39ClN4O3/c1-7-27-20-41(19-26-16-29-23(17-32(26)44-27)9-8-10-30(29)37)18-25-15-24(12-11-21(25)2)33(36(4,5)35(42)43)28-13-14-31-34(22(28)3)38-39-40(31)6/h8-17,27,33H,7,18-20H2,1-6H3,(H,42,43)/t27-,33?/m1/s1. The minimum Gasteiger partial charge on any atom is -0.489 e. The second-order valence-corrected chi connectivity index (χ2v) is 13.2. The number of nitrogens with zero attached hydrogens (tertiary/aromatic N) is 4. The molecule has 6 rings (SSSR count). The first-order valence-electron chi connectivity index (χ1n) is 15.2. The SMILES string of the molecule is CC[C@@H]1CN(Cc2cc(C(c3ccc4c(nnn4C)c3C)C(C)(C)C(=O)O)ccc2C)Cc2cc3c(Cl)cccc3cc2O1. The van der Waals surface area contributed by atoms with Gasteiger partial charge in [-0.2, -0.15) is 0 Å². The van der Waals surface area contributed by atoms with Gasteiger partial charge in [-0.05, 0) is 91.6 Å². The highest BCUT2D eigenvalue weighted by molar-refractivity contribution is 6.35. The third-order valence-corrected chi connectivity index (χ3v) is 9.71. The molecule has 0 bridgehead atoms. The van der Waals surface area contributed by atoms with E-state index < -0.39 is 17.3 Å². The zero-order valence-corrected chi connectivity index (χ0v) is 26.9. The van der Waals surface area contributed by atoms with Crippen molar-refractivity contribution in [2.24, 2.45) is 12.5 Å². The van der Waals surface area contributed by atoms with Crippen LogP contribution in [0.15, 0.2) is 60.7 Å². The molecule has 0 spiro atoms. The number of benzene rings is 4. The Kier molecular flexibility index (Phi) is 7.89. The number of carboxylic acids is 1. The molecule has 0 aliphatic carbocycles. The Bertz CT molecular complexity index is 1900. The van der Waals surface area contributed by atoms with Crippen LogP contribution < -0.4 is 4.74 Å². The Morgan fingerprint density at radius 2 is 1.93 bits per heavy atom. The maximum absolute atomic E-state index is 12.7. The smallest absolute Gasteiger partial charge is 0.310 e. The van der Waals surface area contributed by atoms with Crippen molar-refractivity contribution in [3.05, 3.63) is 99.1 Å². The summed E-state index contributed by atoms with van der Waals surface area (Å²) in [5, 5.41) is 21.9. The quantitative estimate of drug-likeness (QED) is 0.202. The van der Waals surface area contributed by atoms with E-state index in [2.05, 4.69) is 65.5 Å². The van der Waals surface area contributed by atoms with Crippen molar-refractivity contribution in [1.29, 1.82) is 0 Å². The van der Waals surface area contributed by atoms with Crippen molar-refractivity contribution in [2.75, 3.05) is 6.54 Å². The van der Waals surface area contributed by atoms with Crippen molar-refractivity contribution >= 4 is 39.4 Å². The van der Waals surface area contributed by atoms with Gasteiger partial charge in [0, 0.05) is 48.6 Å². The van der Waals surface area contributed by atoms with Crippen LogP contribution in [0.5, 0.6) is 5.75 Å². The molecule has 1 N–H and O–H groups in total. The van der Waals surface area contributed by atoms with E-state index in [9.17, 15) is 9.90 Å². The number of carboxylic acid groups (broad SMARTS) is 1. The molecular weight excluding hydrogens is 572 g/mol.